The maximum absolute atomic E-state index is 6.02. The molecule has 1 N–H and O–H groups in total. The van der Waals surface area contributed by atoms with Gasteiger partial charge in [0, 0.05) is 36.3 Å². The summed E-state index contributed by atoms with van der Waals surface area (Å²) in [6, 6.07) is 11.8. The average molecular weight is 371 g/mol. The molecule has 0 unspecified atom stereocenters. The molecule has 138 valence electrons. The number of H-pyrrole nitrogens is 1. The van der Waals surface area contributed by atoms with Crippen molar-refractivity contribution in [2.45, 2.75) is 6.42 Å². The number of aromatic amines is 1. The van der Waals surface area contributed by atoms with Crippen molar-refractivity contribution < 1.29 is 4.74 Å². The van der Waals surface area contributed by atoms with Crippen molar-refractivity contribution in [3.63, 3.8) is 0 Å². The summed E-state index contributed by atoms with van der Waals surface area (Å²) in [6.07, 6.45) is 5.99. The van der Waals surface area contributed by atoms with Crippen molar-refractivity contribution in [2.75, 3.05) is 6.61 Å². The number of hydrogen-bond acceptors (Lipinski definition) is 6. The summed E-state index contributed by atoms with van der Waals surface area (Å²) in [4.78, 5) is 13.7. The van der Waals surface area contributed by atoms with Crippen molar-refractivity contribution >= 4 is 21.9 Å². The monoisotopic (exact) mass is 371 g/mol. The molecule has 0 bridgehead atoms. The molecule has 0 amide bonds. The first kappa shape index (κ1) is 16.4. The van der Waals surface area contributed by atoms with Crippen LogP contribution in [0.2, 0.25) is 0 Å². The van der Waals surface area contributed by atoms with Gasteiger partial charge >= 0.3 is 0 Å². The van der Waals surface area contributed by atoms with Crippen molar-refractivity contribution in [2.24, 2.45) is 7.05 Å². The van der Waals surface area contributed by atoms with Crippen LogP contribution in [-0.2, 0) is 13.5 Å². The Bertz CT molecular complexity index is 1260. The molecular formula is C20H17N7O. The number of nitrogens with zero attached hydrogens (tertiary/aromatic N) is 6. The minimum absolute atomic E-state index is 0.466. The predicted molar refractivity (Wildman–Crippen MR) is 105 cm³/mol. The second kappa shape index (κ2) is 6.73. The Balaban J connectivity index is 1.54. The van der Waals surface area contributed by atoms with E-state index >= 15 is 0 Å². The second-order valence-corrected chi connectivity index (χ2v) is 6.41. The molecule has 0 aliphatic rings. The lowest BCUT2D eigenvalue weighted by Gasteiger charge is -2.09. The Labute approximate surface area is 160 Å². The van der Waals surface area contributed by atoms with Crippen LogP contribution in [0.25, 0.3) is 33.3 Å². The molecule has 0 aliphatic heterocycles. The fourth-order valence-electron chi connectivity index (χ4n) is 3.19. The molecule has 8 heteroatoms. The Morgan fingerprint density at radius 1 is 1.04 bits per heavy atom. The first-order chi connectivity index (χ1) is 13.8. The van der Waals surface area contributed by atoms with Crippen molar-refractivity contribution in [3.05, 3.63) is 60.7 Å². The van der Waals surface area contributed by atoms with E-state index in [1.54, 1.807) is 23.3 Å². The molecule has 0 aliphatic carbocycles. The fourth-order valence-corrected chi connectivity index (χ4v) is 3.19. The Morgan fingerprint density at radius 3 is 2.89 bits per heavy atom. The summed E-state index contributed by atoms with van der Waals surface area (Å²) in [5.41, 5.74) is 3.52. The van der Waals surface area contributed by atoms with E-state index in [4.69, 9.17) is 14.7 Å². The zero-order valence-electron chi connectivity index (χ0n) is 15.2. The van der Waals surface area contributed by atoms with Gasteiger partial charge in [-0.3, -0.25) is 14.8 Å². The topological polar surface area (TPSA) is 94.4 Å². The number of aromatic nitrogens is 7. The molecule has 28 heavy (non-hydrogen) atoms. The molecule has 0 radical (unpaired) electrons. The van der Waals surface area contributed by atoms with Crippen LogP contribution in [0.3, 0.4) is 0 Å². The normalized spacial score (nSPS) is 11.3. The van der Waals surface area contributed by atoms with Gasteiger partial charge in [-0.15, -0.1) is 0 Å². The Morgan fingerprint density at radius 2 is 2.00 bits per heavy atom. The van der Waals surface area contributed by atoms with Crippen LogP contribution in [0.1, 0.15) is 5.69 Å². The fraction of sp³-hybridized carbons (Fsp3) is 0.150. The van der Waals surface area contributed by atoms with E-state index in [2.05, 4.69) is 20.3 Å². The molecule has 1 aromatic carbocycles. The molecule has 0 saturated heterocycles. The van der Waals surface area contributed by atoms with Crippen LogP contribution in [0, 0.1) is 0 Å². The highest BCUT2D eigenvalue weighted by molar-refractivity contribution is 5.93. The summed E-state index contributed by atoms with van der Waals surface area (Å²) in [7, 11) is 1.86. The molecule has 5 aromatic rings. The molecular weight excluding hydrogens is 354 g/mol. The first-order valence-corrected chi connectivity index (χ1v) is 8.94. The lowest BCUT2D eigenvalue weighted by atomic mass is 10.1. The quantitative estimate of drug-likeness (QED) is 0.510. The molecule has 0 atom stereocenters. The van der Waals surface area contributed by atoms with Gasteiger partial charge in [-0.25, -0.2) is 4.98 Å². The number of pyridine rings is 1. The lowest BCUT2D eigenvalue weighted by Crippen LogP contribution is -2.06. The zero-order valence-corrected chi connectivity index (χ0v) is 15.2. The van der Waals surface area contributed by atoms with Gasteiger partial charge in [0.1, 0.15) is 5.39 Å². The zero-order chi connectivity index (χ0) is 18.9. The van der Waals surface area contributed by atoms with Crippen LogP contribution >= 0.6 is 0 Å². The SMILES string of the molecule is Cn1ncc2c(OCCc3ccccn3)nc(-c3cccc4[nH]ncc34)nc21. The number of benzene rings is 1. The summed E-state index contributed by atoms with van der Waals surface area (Å²) in [5, 5.41) is 13.2. The summed E-state index contributed by atoms with van der Waals surface area (Å²) in [5.74, 6) is 1.10. The third-order valence-electron chi connectivity index (χ3n) is 4.61. The van der Waals surface area contributed by atoms with Gasteiger partial charge in [0.25, 0.3) is 0 Å². The van der Waals surface area contributed by atoms with Gasteiger partial charge in [-0.2, -0.15) is 15.2 Å². The summed E-state index contributed by atoms with van der Waals surface area (Å²) in [6.45, 7) is 0.466. The van der Waals surface area contributed by atoms with E-state index in [1.807, 2.05) is 43.4 Å². The highest BCUT2D eigenvalue weighted by Crippen LogP contribution is 2.30. The number of hydrogen-bond donors (Lipinski definition) is 1. The minimum atomic E-state index is 0.466. The van der Waals surface area contributed by atoms with Gasteiger partial charge < -0.3 is 4.74 Å². The van der Waals surface area contributed by atoms with Crippen LogP contribution in [-0.4, -0.2) is 41.5 Å². The van der Waals surface area contributed by atoms with Crippen molar-refractivity contribution in [3.8, 4) is 17.3 Å². The van der Waals surface area contributed by atoms with Crippen LogP contribution in [0.15, 0.2) is 55.0 Å². The summed E-state index contributed by atoms with van der Waals surface area (Å²) >= 11 is 0. The van der Waals surface area contributed by atoms with Gasteiger partial charge in [-0.1, -0.05) is 18.2 Å². The van der Waals surface area contributed by atoms with Crippen LogP contribution in [0.4, 0.5) is 0 Å². The van der Waals surface area contributed by atoms with E-state index in [0.29, 0.717) is 24.7 Å². The largest absolute Gasteiger partial charge is 0.477 e. The second-order valence-electron chi connectivity index (χ2n) is 6.41. The third kappa shape index (κ3) is 2.84. The van der Waals surface area contributed by atoms with Gasteiger partial charge in [0.15, 0.2) is 11.5 Å². The van der Waals surface area contributed by atoms with E-state index in [1.165, 1.54) is 0 Å². The maximum atomic E-state index is 6.02. The van der Waals surface area contributed by atoms with Gasteiger partial charge in [0.05, 0.1) is 24.5 Å². The number of rotatable bonds is 5. The molecule has 4 aromatic heterocycles. The number of aryl methyl sites for hydroxylation is 1. The van der Waals surface area contributed by atoms with E-state index in [0.717, 1.165) is 33.2 Å². The lowest BCUT2D eigenvalue weighted by molar-refractivity contribution is 0.312. The molecule has 0 fully saturated rings. The Hall–Kier alpha value is -3.81. The van der Waals surface area contributed by atoms with Crippen LogP contribution in [0.5, 0.6) is 5.88 Å². The van der Waals surface area contributed by atoms with Gasteiger partial charge in [0.2, 0.25) is 5.88 Å². The minimum Gasteiger partial charge on any atom is -0.477 e. The number of fused-ring (bicyclic) bond motifs is 2. The molecule has 4 heterocycles. The first-order valence-electron chi connectivity index (χ1n) is 8.94. The van der Waals surface area contributed by atoms with E-state index in [-0.39, 0.29) is 0 Å². The highest BCUT2D eigenvalue weighted by atomic mass is 16.5. The van der Waals surface area contributed by atoms with Gasteiger partial charge in [-0.05, 0) is 18.2 Å². The van der Waals surface area contributed by atoms with E-state index in [9.17, 15) is 0 Å². The van der Waals surface area contributed by atoms with Crippen molar-refractivity contribution in [1.82, 2.24) is 34.9 Å². The molecule has 0 spiro atoms. The molecule has 5 rings (SSSR count). The smallest absolute Gasteiger partial charge is 0.228 e. The predicted octanol–water partition coefficient (Wildman–Crippen LogP) is 2.92. The highest BCUT2D eigenvalue weighted by Gasteiger charge is 2.16. The standard InChI is InChI=1S/C20H17N7O/c1-27-19-16(12-23-27)20(28-10-8-13-5-2-3-9-21-13)25-18(24-19)14-6-4-7-17-15(14)11-22-26-17/h2-7,9,11-12H,8,10H2,1H3,(H,22,26). The van der Waals surface area contributed by atoms with Crippen molar-refractivity contribution in [1.29, 1.82) is 0 Å². The maximum Gasteiger partial charge on any atom is 0.228 e. The number of ether oxygens (including phenoxy) is 1. The molecule has 8 nitrogen and oxygen atoms in total. The number of nitrogens with one attached hydrogen (secondary N) is 1. The molecule has 0 saturated carbocycles. The van der Waals surface area contributed by atoms with E-state index < -0.39 is 0 Å². The Kier molecular flexibility index (Phi) is 3.93. The van der Waals surface area contributed by atoms with Crippen LogP contribution < -0.4 is 4.74 Å². The average Bonchev–Trinajstić information content (AvgIpc) is 3.35. The third-order valence-corrected chi connectivity index (χ3v) is 4.61. The summed E-state index contributed by atoms with van der Waals surface area (Å²) < 4.78 is 7.75.